The van der Waals surface area contributed by atoms with Gasteiger partial charge in [0, 0.05) is 37.1 Å². The summed E-state index contributed by atoms with van der Waals surface area (Å²) in [4.78, 5) is 39.9. The molecule has 2 saturated heterocycles. The van der Waals surface area contributed by atoms with Crippen LogP contribution in [0.25, 0.3) is 0 Å². The van der Waals surface area contributed by atoms with E-state index in [1.165, 1.54) is 6.07 Å². The van der Waals surface area contributed by atoms with Crippen molar-refractivity contribution in [2.75, 3.05) is 0 Å². The summed E-state index contributed by atoms with van der Waals surface area (Å²) < 4.78 is 11.4. The van der Waals surface area contributed by atoms with E-state index < -0.39 is 27.8 Å². The van der Waals surface area contributed by atoms with Crippen molar-refractivity contribution in [3.05, 3.63) is 27.9 Å². The van der Waals surface area contributed by atoms with Gasteiger partial charge in [-0.25, -0.2) is 9.78 Å². The number of hydrogen-bond donors (Lipinski definition) is 1. The van der Waals surface area contributed by atoms with Crippen LogP contribution in [0.2, 0.25) is 0 Å². The number of aromatic nitrogens is 1. The SMILES string of the molecule is CC(C)(C)OC(=O)N1C2CCC1CC(Oc1ccc([N+](=O)[O-])c(C(N)=O)n1)C2. The molecule has 10 nitrogen and oxygen atoms in total. The summed E-state index contributed by atoms with van der Waals surface area (Å²) in [6.07, 6.45) is 2.39. The molecule has 152 valence electrons. The Balaban J connectivity index is 1.70. The Bertz CT molecular complexity index is 792. The van der Waals surface area contributed by atoms with Crippen LogP contribution in [-0.4, -0.2) is 50.6 Å². The Labute approximate surface area is 162 Å². The van der Waals surface area contributed by atoms with Crippen LogP contribution in [-0.2, 0) is 4.74 Å². The molecule has 3 heterocycles. The number of rotatable bonds is 4. The molecule has 28 heavy (non-hydrogen) atoms. The molecule has 0 radical (unpaired) electrons. The number of amides is 2. The predicted octanol–water partition coefficient (Wildman–Crippen LogP) is 2.40. The van der Waals surface area contributed by atoms with Crippen LogP contribution >= 0.6 is 0 Å². The molecule has 1 aromatic rings. The van der Waals surface area contributed by atoms with Crippen molar-refractivity contribution in [1.82, 2.24) is 9.88 Å². The standard InChI is InChI=1S/C18H24N4O6/c1-18(2,3)28-17(24)21-10-4-5-11(21)9-12(8-10)27-14-7-6-13(22(25)26)15(20-14)16(19)23/h6-7,10-12H,4-5,8-9H2,1-3H3,(H2,19,23). The summed E-state index contributed by atoms with van der Waals surface area (Å²) in [5.41, 5.74) is 3.74. The molecule has 0 aromatic carbocycles. The van der Waals surface area contributed by atoms with Crippen molar-refractivity contribution in [2.24, 2.45) is 5.73 Å². The first kappa shape index (κ1) is 19.8. The first-order valence-corrected chi connectivity index (χ1v) is 9.18. The van der Waals surface area contributed by atoms with E-state index in [0.717, 1.165) is 18.9 Å². The average molecular weight is 392 g/mol. The number of carbonyl (C=O) groups is 2. The molecule has 10 heteroatoms. The molecular formula is C18H24N4O6. The third-order valence-electron chi connectivity index (χ3n) is 4.86. The number of carbonyl (C=O) groups excluding carboxylic acids is 2. The quantitative estimate of drug-likeness (QED) is 0.613. The first-order valence-electron chi connectivity index (χ1n) is 9.18. The normalized spacial score (nSPS) is 24.0. The van der Waals surface area contributed by atoms with Gasteiger partial charge in [0.15, 0.2) is 0 Å². The first-order chi connectivity index (χ1) is 13.0. The highest BCUT2D eigenvalue weighted by Gasteiger charge is 2.45. The smallest absolute Gasteiger partial charge is 0.410 e. The van der Waals surface area contributed by atoms with E-state index in [-0.39, 0.29) is 30.2 Å². The van der Waals surface area contributed by atoms with E-state index >= 15 is 0 Å². The lowest BCUT2D eigenvalue weighted by molar-refractivity contribution is -0.385. The van der Waals surface area contributed by atoms with Crippen molar-refractivity contribution in [3.8, 4) is 5.88 Å². The van der Waals surface area contributed by atoms with Gasteiger partial charge in [0.2, 0.25) is 11.6 Å². The lowest BCUT2D eigenvalue weighted by Gasteiger charge is -2.39. The van der Waals surface area contributed by atoms with Gasteiger partial charge >= 0.3 is 11.8 Å². The molecule has 0 spiro atoms. The molecule has 2 bridgehead atoms. The van der Waals surface area contributed by atoms with Crippen molar-refractivity contribution in [3.63, 3.8) is 0 Å². The molecule has 2 aliphatic heterocycles. The molecule has 0 aliphatic carbocycles. The molecule has 2 fully saturated rings. The highest BCUT2D eigenvalue weighted by atomic mass is 16.6. The van der Waals surface area contributed by atoms with E-state index in [1.54, 1.807) is 4.90 Å². The lowest BCUT2D eigenvalue weighted by atomic mass is 10.0. The Morgan fingerprint density at radius 3 is 2.36 bits per heavy atom. The van der Waals surface area contributed by atoms with Crippen molar-refractivity contribution in [1.29, 1.82) is 0 Å². The summed E-state index contributed by atoms with van der Waals surface area (Å²) in [5.74, 6) is -0.883. The van der Waals surface area contributed by atoms with Crippen LogP contribution in [0, 0.1) is 10.1 Å². The van der Waals surface area contributed by atoms with Crippen LogP contribution in [0.4, 0.5) is 10.5 Å². The van der Waals surface area contributed by atoms with Gasteiger partial charge in [-0.1, -0.05) is 0 Å². The Morgan fingerprint density at radius 1 is 1.25 bits per heavy atom. The topological polar surface area (TPSA) is 138 Å². The molecule has 2 unspecified atom stereocenters. The Morgan fingerprint density at radius 2 is 1.86 bits per heavy atom. The molecule has 2 N–H and O–H groups in total. The minimum Gasteiger partial charge on any atom is -0.474 e. The minimum atomic E-state index is -0.989. The number of nitrogens with two attached hydrogens (primary N) is 1. The maximum absolute atomic E-state index is 12.5. The number of nitrogens with zero attached hydrogens (tertiary/aromatic N) is 3. The fourth-order valence-corrected chi connectivity index (χ4v) is 3.84. The molecule has 3 rings (SSSR count). The highest BCUT2D eigenvalue weighted by molar-refractivity contribution is 5.94. The second-order valence-electron chi connectivity index (χ2n) is 8.12. The van der Waals surface area contributed by atoms with Gasteiger partial charge in [-0.3, -0.25) is 14.9 Å². The summed E-state index contributed by atoms with van der Waals surface area (Å²) in [7, 11) is 0. The third kappa shape index (κ3) is 4.15. The second-order valence-corrected chi connectivity index (χ2v) is 8.12. The van der Waals surface area contributed by atoms with Crippen LogP contribution in [0.1, 0.15) is 56.9 Å². The predicted molar refractivity (Wildman–Crippen MR) is 97.9 cm³/mol. The summed E-state index contributed by atoms with van der Waals surface area (Å²) >= 11 is 0. The van der Waals surface area contributed by atoms with E-state index in [4.69, 9.17) is 15.2 Å². The Hall–Kier alpha value is -2.91. The maximum Gasteiger partial charge on any atom is 0.410 e. The fourth-order valence-electron chi connectivity index (χ4n) is 3.84. The molecule has 2 atom stereocenters. The monoisotopic (exact) mass is 392 g/mol. The molecule has 2 amide bonds. The second kappa shape index (κ2) is 7.25. The van der Waals surface area contributed by atoms with E-state index in [1.807, 2.05) is 20.8 Å². The molecule has 2 aliphatic rings. The van der Waals surface area contributed by atoms with Gasteiger partial charge < -0.3 is 20.1 Å². The lowest BCUT2D eigenvalue weighted by Crippen LogP contribution is -2.50. The van der Waals surface area contributed by atoms with Gasteiger partial charge in [0.25, 0.3) is 5.91 Å². The van der Waals surface area contributed by atoms with Gasteiger partial charge in [-0.2, -0.15) is 0 Å². The zero-order chi connectivity index (χ0) is 20.6. The van der Waals surface area contributed by atoms with Crippen LogP contribution < -0.4 is 10.5 Å². The summed E-state index contributed by atoms with van der Waals surface area (Å²) in [5, 5.41) is 11.0. The highest BCUT2D eigenvalue weighted by Crippen LogP contribution is 2.38. The molecule has 0 saturated carbocycles. The number of ether oxygens (including phenoxy) is 2. The molecule has 1 aromatic heterocycles. The van der Waals surface area contributed by atoms with Crippen LogP contribution in [0.5, 0.6) is 5.88 Å². The van der Waals surface area contributed by atoms with Gasteiger partial charge in [-0.05, 0) is 33.6 Å². The third-order valence-corrected chi connectivity index (χ3v) is 4.86. The number of nitro groups is 1. The number of piperidine rings is 1. The van der Waals surface area contributed by atoms with E-state index in [9.17, 15) is 19.7 Å². The Kier molecular flexibility index (Phi) is 5.14. The number of pyridine rings is 1. The number of primary amides is 1. The largest absolute Gasteiger partial charge is 0.474 e. The van der Waals surface area contributed by atoms with E-state index in [2.05, 4.69) is 4.98 Å². The summed E-state index contributed by atoms with van der Waals surface area (Å²) in [6, 6.07) is 2.53. The van der Waals surface area contributed by atoms with Gasteiger partial charge in [-0.15, -0.1) is 0 Å². The van der Waals surface area contributed by atoms with Crippen LogP contribution in [0.3, 0.4) is 0 Å². The fraction of sp³-hybridized carbons (Fsp3) is 0.611. The number of fused-ring (bicyclic) bond motifs is 2. The van der Waals surface area contributed by atoms with Crippen molar-refractivity contribution >= 4 is 17.7 Å². The van der Waals surface area contributed by atoms with Gasteiger partial charge in [0.05, 0.1) is 4.92 Å². The summed E-state index contributed by atoms with van der Waals surface area (Å²) in [6.45, 7) is 5.50. The average Bonchev–Trinajstić information content (AvgIpc) is 2.84. The van der Waals surface area contributed by atoms with Crippen molar-refractivity contribution < 1.29 is 24.0 Å². The van der Waals surface area contributed by atoms with Crippen LogP contribution in [0.15, 0.2) is 12.1 Å². The number of hydrogen-bond acceptors (Lipinski definition) is 7. The van der Waals surface area contributed by atoms with E-state index in [0.29, 0.717) is 12.8 Å². The zero-order valence-electron chi connectivity index (χ0n) is 16.1. The van der Waals surface area contributed by atoms with Gasteiger partial charge in [0.1, 0.15) is 11.7 Å². The molecular weight excluding hydrogens is 368 g/mol. The maximum atomic E-state index is 12.5. The van der Waals surface area contributed by atoms with Crippen molar-refractivity contribution in [2.45, 2.75) is 70.2 Å². The minimum absolute atomic E-state index is 0.00672. The zero-order valence-corrected chi connectivity index (χ0v) is 16.1.